The van der Waals surface area contributed by atoms with E-state index in [1.54, 1.807) is 0 Å². The highest BCUT2D eigenvalue weighted by Crippen LogP contribution is 2.32. The molecule has 18 heavy (non-hydrogen) atoms. The Labute approximate surface area is 119 Å². The van der Waals surface area contributed by atoms with Crippen molar-refractivity contribution in [3.8, 4) is 0 Å². The molecule has 1 aliphatic rings. The van der Waals surface area contributed by atoms with E-state index in [4.69, 9.17) is 0 Å². The third-order valence-corrected chi connectivity index (χ3v) is 4.26. The van der Waals surface area contributed by atoms with Crippen LogP contribution in [0.1, 0.15) is 57.2 Å². The van der Waals surface area contributed by atoms with Crippen molar-refractivity contribution in [2.24, 2.45) is 5.92 Å². The van der Waals surface area contributed by atoms with Crippen LogP contribution in [0.25, 0.3) is 0 Å². The van der Waals surface area contributed by atoms with Crippen molar-refractivity contribution < 1.29 is 0 Å². The van der Waals surface area contributed by atoms with Gasteiger partial charge in [0.2, 0.25) is 0 Å². The maximum Gasteiger partial charge on any atom is 0.0574 e. The highest BCUT2D eigenvalue weighted by molar-refractivity contribution is 9.10. The lowest BCUT2D eigenvalue weighted by Gasteiger charge is -2.21. The number of nitrogens with zero attached hydrogens (tertiary/aromatic N) is 1. The van der Waals surface area contributed by atoms with Crippen molar-refractivity contribution in [1.29, 1.82) is 0 Å². The third kappa shape index (κ3) is 4.06. The first kappa shape index (κ1) is 14.0. The molecule has 0 spiro atoms. The minimum Gasteiger partial charge on any atom is -0.309 e. The molecule has 0 bridgehead atoms. The van der Waals surface area contributed by atoms with Crippen LogP contribution < -0.4 is 5.32 Å². The molecule has 1 saturated carbocycles. The molecule has 1 atom stereocenters. The monoisotopic (exact) mass is 310 g/mol. The Kier molecular flexibility index (Phi) is 5.64. The van der Waals surface area contributed by atoms with Crippen LogP contribution in [0.15, 0.2) is 22.8 Å². The molecule has 100 valence electrons. The second kappa shape index (κ2) is 7.25. The Hall–Kier alpha value is -0.410. The van der Waals surface area contributed by atoms with E-state index in [0.717, 1.165) is 16.9 Å². The summed E-state index contributed by atoms with van der Waals surface area (Å²) < 4.78 is 1.06. The van der Waals surface area contributed by atoms with Gasteiger partial charge in [-0.05, 0) is 53.4 Å². The van der Waals surface area contributed by atoms with Crippen LogP contribution in [-0.4, -0.2) is 11.5 Å². The summed E-state index contributed by atoms with van der Waals surface area (Å²) in [4.78, 5) is 4.56. The Morgan fingerprint density at radius 2 is 2.17 bits per heavy atom. The van der Waals surface area contributed by atoms with Gasteiger partial charge in [0.05, 0.1) is 5.69 Å². The molecular formula is C15H23BrN2. The largest absolute Gasteiger partial charge is 0.309 e. The van der Waals surface area contributed by atoms with Gasteiger partial charge in [-0.1, -0.05) is 32.6 Å². The molecule has 1 unspecified atom stereocenters. The molecule has 1 fully saturated rings. The molecule has 3 heteroatoms. The van der Waals surface area contributed by atoms with Gasteiger partial charge in [-0.3, -0.25) is 4.98 Å². The summed E-state index contributed by atoms with van der Waals surface area (Å²) in [7, 11) is 0. The Morgan fingerprint density at radius 1 is 1.39 bits per heavy atom. The maximum atomic E-state index is 4.56. The predicted octanol–water partition coefficient (Wildman–Crippen LogP) is 4.47. The summed E-state index contributed by atoms with van der Waals surface area (Å²) in [5.41, 5.74) is 1.19. The van der Waals surface area contributed by atoms with Gasteiger partial charge in [0.25, 0.3) is 0 Å². The SMILES string of the molecule is CCCNC(CC1CCCC1)c1ccc(Br)cn1. The van der Waals surface area contributed by atoms with Gasteiger partial charge < -0.3 is 5.32 Å². The number of nitrogens with one attached hydrogen (secondary N) is 1. The number of hydrogen-bond donors (Lipinski definition) is 1. The van der Waals surface area contributed by atoms with E-state index >= 15 is 0 Å². The van der Waals surface area contributed by atoms with E-state index in [-0.39, 0.29) is 0 Å². The van der Waals surface area contributed by atoms with Gasteiger partial charge in [-0.2, -0.15) is 0 Å². The standard InChI is InChI=1S/C15H23BrN2/c1-2-9-17-15(10-12-5-3-4-6-12)14-8-7-13(16)11-18-14/h7-8,11-12,15,17H,2-6,9-10H2,1H3. The average Bonchev–Trinajstić information content (AvgIpc) is 2.88. The first-order valence-electron chi connectivity index (χ1n) is 7.14. The Bertz CT molecular complexity index is 344. The molecule has 1 N–H and O–H groups in total. The van der Waals surface area contributed by atoms with Crippen LogP contribution >= 0.6 is 15.9 Å². The van der Waals surface area contributed by atoms with E-state index in [0.29, 0.717) is 6.04 Å². The number of hydrogen-bond acceptors (Lipinski definition) is 2. The van der Waals surface area contributed by atoms with Gasteiger partial charge >= 0.3 is 0 Å². The minimum atomic E-state index is 0.432. The smallest absolute Gasteiger partial charge is 0.0574 e. The summed E-state index contributed by atoms with van der Waals surface area (Å²) >= 11 is 3.45. The topological polar surface area (TPSA) is 24.9 Å². The quantitative estimate of drug-likeness (QED) is 0.838. The average molecular weight is 311 g/mol. The lowest BCUT2D eigenvalue weighted by Crippen LogP contribution is -2.24. The zero-order valence-electron chi connectivity index (χ0n) is 11.2. The van der Waals surface area contributed by atoms with Crippen molar-refractivity contribution in [3.05, 3.63) is 28.5 Å². The van der Waals surface area contributed by atoms with Crippen LogP contribution in [-0.2, 0) is 0 Å². The number of rotatable bonds is 6. The van der Waals surface area contributed by atoms with Crippen LogP contribution in [0.3, 0.4) is 0 Å². The van der Waals surface area contributed by atoms with Gasteiger partial charge in [0, 0.05) is 16.7 Å². The fourth-order valence-electron chi connectivity index (χ4n) is 2.80. The zero-order chi connectivity index (χ0) is 12.8. The zero-order valence-corrected chi connectivity index (χ0v) is 12.7. The number of aromatic nitrogens is 1. The molecule has 0 aromatic carbocycles. The molecule has 1 heterocycles. The highest BCUT2D eigenvalue weighted by Gasteiger charge is 2.21. The molecule has 2 rings (SSSR count). The van der Waals surface area contributed by atoms with E-state index in [1.165, 1.54) is 44.2 Å². The van der Waals surface area contributed by atoms with E-state index in [9.17, 15) is 0 Å². The molecule has 1 aromatic heterocycles. The fraction of sp³-hybridized carbons (Fsp3) is 0.667. The number of pyridine rings is 1. The first-order valence-corrected chi connectivity index (χ1v) is 7.93. The lowest BCUT2D eigenvalue weighted by molar-refractivity contribution is 0.389. The van der Waals surface area contributed by atoms with Crippen molar-refractivity contribution in [2.45, 2.75) is 51.5 Å². The predicted molar refractivity (Wildman–Crippen MR) is 79.5 cm³/mol. The molecule has 0 saturated heterocycles. The third-order valence-electron chi connectivity index (χ3n) is 3.79. The van der Waals surface area contributed by atoms with Crippen LogP contribution in [0.4, 0.5) is 0 Å². The second-order valence-corrected chi connectivity index (χ2v) is 6.21. The van der Waals surface area contributed by atoms with E-state index in [1.807, 2.05) is 6.20 Å². The van der Waals surface area contributed by atoms with Crippen LogP contribution in [0.5, 0.6) is 0 Å². The first-order chi connectivity index (χ1) is 8.79. The molecular weight excluding hydrogens is 288 g/mol. The summed E-state index contributed by atoms with van der Waals surface area (Å²) in [5, 5.41) is 3.65. The molecule has 1 aliphatic carbocycles. The normalized spacial score (nSPS) is 18.1. The van der Waals surface area contributed by atoms with Gasteiger partial charge in [0.1, 0.15) is 0 Å². The summed E-state index contributed by atoms with van der Waals surface area (Å²) in [5.74, 6) is 0.893. The van der Waals surface area contributed by atoms with Crippen LogP contribution in [0, 0.1) is 5.92 Å². The Morgan fingerprint density at radius 3 is 2.78 bits per heavy atom. The van der Waals surface area contributed by atoms with Crippen LogP contribution in [0.2, 0.25) is 0 Å². The number of halogens is 1. The van der Waals surface area contributed by atoms with Crippen molar-refractivity contribution in [1.82, 2.24) is 10.3 Å². The summed E-state index contributed by atoms with van der Waals surface area (Å²) in [6.07, 6.45) is 9.97. The fourth-order valence-corrected chi connectivity index (χ4v) is 3.03. The highest BCUT2D eigenvalue weighted by atomic mass is 79.9. The van der Waals surface area contributed by atoms with Gasteiger partial charge in [-0.25, -0.2) is 0 Å². The lowest BCUT2D eigenvalue weighted by atomic mass is 9.96. The van der Waals surface area contributed by atoms with Crippen molar-refractivity contribution >= 4 is 15.9 Å². The summed E-state index contributed by atoms with van der Waals surface area (Å²) in [6, 6.07) is 4.67. The molecule has 0 radical (unpaired) electrons. The van der Waals surface area contributed by atoms with Gasteiger partial charge in [-0.15, -0.1) is 0 Å². The molecule has 0 amide bonds. The Balaban J connectivity index is 2.00. The van der Waals surface area contributed by atoms with E-state index in [2.05, 4.69) is 45.3 Å². The minimum absolute atomic E-state index is 0.432. The summed E-state index contributed by atoms with van der Waals surface area (Å²) in [6.45, 7) is 3.30. The molecule has 2 nitrogen and oxygen atoms in total. The second-order valence-electron chi connectivity index (χ2n) is 5.29. The molecule has 1 aromatic rings. The maximum absolute atomic E-state index is 4.56. The molecule has 0 aliphatic heterocycles. The van der Waals surface area contributed by atoms with Gasteiger partial charge in [0.15, 0.2) is 0 Å². The van der Waals surface area contributed by atoms with Crippen molar-refractivity contribution in [2.75, 3.05) is 6.54 Å². The van der Waals surface area contributed by atoms with E-state index < -0.39 is 0 Å². The van der Waals surface area contributed by atoms with Crippen molar-refractivity contribution in [3.63, 3.8) is 0 Å².